The number of nitrogens with zero attached hydrogens (tertiary/aromatic N) is 2. The van der Waals surface area contributed by atoms with Crippen LogP contribution in [0.1, 0.15) is 25.7 Å². The van der Waals surface area contributed by atoms with Gasteiger partial charge in [-0.25, -0.2) is 0 Å². The number of rotatable bonds is 6. The number of carbonyl (C=O) groups excluding carboxylic acids is 1. The summed E-state index contributed by atoms with van der Waals surface area (Å²) in [6.45, 7) is 2.54. The van der Waals surface area contributed by atoms with Gasteiger partial charge in [0.05, 0.1) is 5.02 Å². The molecule has 106 valence electrons. The van der Waals surface area contributed by atoms with Crippen LogP contribution in [0.25, 0.3) is 11.4 Å². The van der Waals surface area contributed by atoms with Crippen LogP contribution >= 0.6 is 11.6 Å². The van der Waals surface area contributed by atoms with E-state index in [1.807, 2.05) is 25.1 Å². The number of amides is 1. The zero-order chi connectivity index (χ0) is 14.4. The number of hydrogen-bond donors (Lipinski definition) is 1. The van der Waals surface area contributed by atoms with Crippen LogP contribution in [-0.4, -0.2) is 22.6 Å². The predicted octanol–water partition coefficient (Wildman–Crippen LogP) is 2.85. The Labute approximate surface area is 122 Å². The van der Waals surface area contributed by atoms with Gasteiger partial charge >= 0.3 is 0 Å². The summed E-state index contributed by atoms with van der Waals surface area (Å²) in [4.78, 5) is 15.6. The van der Waals surface area contributed by atoms with Crippen molar-refractivity contribution >= 4 is 17.5 Å². The summed E-state index contributed by atoms with van der Waals surface area (Å²) < 4.78 is 5.16. The van der Waals surface area contributed by atoms with Crippen LogP contribution in [0.3, 0.4) is 0 Å². The van der Waals surface area contributed by atoms with Crippen molar-refractivity contribution in [2.45, 2.75) is 26.2 Å². The molecule has 1 heterocycles. The van der Waals surface area contributed by atoms with Crippen molar-refractivity contribution < 1.29 is 9.32 Å². The van der Waals surface area contributed by atoms with Crippen molar-refractivity contribution in [2.24, 2.45) is 0 Å². The third-order valence-corrected chi connectivity index (χ3v) is 3.08. The van der Waals surface area contributed by atoms with Crippen molar-refractivity contribution in [3.8, 4) is 11.4 Å². The Hall–Kier alpha value is -1.88. The van der Waals surface area contributed by atoms with Crippen molar-refractivity contribution in [1.82, 2.24) is 15.5 Å². The van der Waals surface area contributed by atoms with Crippen LogP contribution in [0.5, 0.6) is 0 Å². The molecule has 1 amide bonds. The van der Waals surface area contributed by atoms with E-state index in [1.165, 1.54) is 0 Å². The van der Waals surface area contributed by atoms with Gasteiger partial charge in [0.1, 0.15) is 0 Å². The molecule has 5 nitrogen and oxygen atoms in total. The summed E-state index contributed by atoms with van der Waals surface area (Å²) in [7, 11) is 0. The molecular weight excluding hydrogens is 278 g/mol. The topological polar surface area (TPSA) is 68.0 Å². The molecule has 0 aliphatic carbocycles. The Balaban J connectivity index is 1.93. The number of carbonyl (C=O) groups is 1. The number of halogens is 1. The highest BCUT2D eigenvalue weighted by atomic mass is 35.5. The summed E-state index contributed by atoms with van der Waals surface area (Å²) in [5.41, 5.74) is 0.743. The molecule has 0 aliphatic heterocycles. The van der Waals surface area contributed by atoms with Crippen LogP contribution in [0, 0.1) is 0 Å². The Kier molecular flexibility index (Phi) is 5.12. The zero-order valence-corrected chi connectivity index (χ0v) is 12.0. The highest BCUT2D eigenvalue weighted by Gasteiger charge is 2.11. The molecule has 0 fully saturated rings. The molecule has 0 bridgehead atoms. The standard InChI is InChI=1S/C14H16ClN3O2/c1-2-16-12(19)8-5-9-13-17-14(18-20-13)10-6-3-4-7-11(10)15/h3-4,6-7H,2,5,8-9H2,1H3,(H,16,19). The molecule has 2 aromatic rings. The molecule has 2 rings (SSSR count). The van der Waals surface area contributed by atoms with E-state index in [0.29, 0.717) is 42.5 Å². The highest BCUT2D eigenvalue weighted by Crippen LogP contribution is 2.24. The molecule has 1 aromatic heterocycles. The first-order valence-electron chi connectivity index (χ1n) is 6.55. The normalized spacial score (nSPS) is 10.5. The molecule has 1 aromatic carbocycles. The fraction of sp³-hybridized carbons (Fsp3) is 0.357. The zero-order valence-electron chi connectivity index (χ0n) is 11.2. The first kappa shape index (κ1) is 14.5. The maximum absolute atomic E-state index is 11.3. The van der Waals surface area contributed by atoms with Gasteiger partial charge in [-0.3, -0.25) is 4.79 Å². The lowest BCUT2D eigenvalue weighted by Crippen LogP contribution is -2.22. The average Bonchev–Trinajstić information content (AvgIpc) is 2.88. The highest BCUT2D eigenvalue weighted by molar-refractivity contribution is 6.33. The van der Waals surface area contributed by atoms with Gasteiger partial charge in [-0.15, -0.1) is 0 Å². The fourth-order valence-corrected chi connectivity index (χ4v) is 2.01. The van der Waals surface area contributed by atoms with E-state index in [4.69, 9.17) is 16.1 Å². The first-order valence-corrected chi connectivity index (χ1v) is 6.92. The van der Waals surface area contributed by atoms with E-state index in [9.17, 15) is 4.79 Å². The minimum absolute atomic E-state index is 0.0401. The van der Waals surface area contributed by atoms with Gasteiger partial charge in [-0.1, -0.05) is 28.9 Å². The van der Waals surface area contributed by atoms with Crippen molar-refractivity contribution in [3.63, 3.8) is 0 Å². The van der Waals surface area contributed by atoms with Crippen LogP contribution in [0.2, 0.25) is 5.02 Å². The second-order valence-corrected chi connectivity index (χ2v) is 4.71. The number of nitrogens with one attached hydrogen (secondary N) is 1. The third kappa shape index (κ3) is 3.81. The quantitative estimate of drug-likeness (QED) is 0.889. The molecule has 0 unspecified atom stereocenters. The predicted molar refractivity (Wildman–Crippen MR) is 76.4 cm³/mol. The molecule has 0 atom stereocenters. The van der Waals surface area contributed by atoms with Crippen LogP contribution in [-0.2, 0) is 11.2 Å². The van der Waals surface area contributed by atoms with Gasteiger partial charge in [-0.05, 0) is 25.5 Å². The minimum Gasteiger partial charge on any atom is -0.356 e. The lowest BCUT2D eigenvalue weighted by molar-refractivity contribution is -0.121. The van der Waals surface area contributed by atoms with Gasteiger partial charge in [0, 0.05) is 24.9 Å². The first-order chi connectivity index (χ1) is 9.70. The van der Waals surface area contributed by atoms with Crippen molar-refractivity contribution in [3.05, 3.63) is 35.2 Å². The Bertz CT molecular complexity index is 583. The number of aromatic nitrogens is 2. The third-order valence-electron chi connectivity index (χ3n) is 2.75. The second-order valence-electron chi connectivity index (χ2n) is 4.30. The molecule has 6 heteroatoms. The summed E-state index contributed by atoms with van der Waals surface area (Å²) in [5.74, 6) is 1.03. The van der Waals surface area contributed by atoms with Gasteiger partial charge in [0.15, 0.2) is 0 Å². The SMILES string of the molecule is CCNC(=O)CCCc1nc(-c2ccccc2Cl)no1. The fourth-order valence-electron chi connectivity index (χ4n) is 1.79. The molecule has 0 aliphatic rings. The van der Waals surface area contributed by atoms with Crippen molar-refractivity contribution in [2.75, 3.05) is 6.54 Å². The summed E-state index contributed by atoms with van der Waals surface area (Å²) in [5, 5.41) is 7.24. The van der Waals surface area contributed by atoms with Crippen LogP contribution in [0.15, 0.2) is 28.8 Å². The van der Waals surface area contributed by atoms with E-state index >= 15 is 0 Å². The lowest BCUT2D eigenvalue weighted by atomic mass is 10.2. The van der Waals surface area contributed by atoms with E-state index < -0.39 is 0 Å². The second kappa shape index (κ2) is 7.05. The largest absolute Gasteiger partial charge is 0.356 e. The smallest absolute Gasteiger partial charge is 0.226 e. The maximum Gasteiger partial charge on any atom is 0.226 e. The van der Waals surface area contributed by atoms with E-state index in [0.717, 1.165) is 5.56 Å². The maximum atomic E-state index is 11.3. The Morgan fingerprint density at radius 2 is 2.20 bits per heavy atom. The lowest BCUT2D eigenvalue weighted by Gasteiger charge is -1.99. The van der Waals surface area contributed by atoms with Crippen molar-refractivity contribution in [1.29, 1.82) is 0 Å². The van der Waals surface area contributed by atoms with Crippen LogP contribution < -0.4 is 5.32 Å². The van der Waals surface area contributed by atoms with Gasteiger partial charge in [0.2, 0.25) is 17.6 Å². The molecule has 0 spiro atoms. The number of benzene rings is 1. The molecular formula is C14H16ClN3O2. The Morgan fingerprint density at radius 1 is 1.40 bits per heavy atom. The van der Waals surface area contributed by atoms with Gasteiger partial charge in [0.25, 0.3) is 0 Å². The van der Waals surface area contributed by atoms with Gasteiger partial charge < -0.3 is 9.84 Å². The molecule has 1 N–H and O–H groups in total. The number of hydrogen-bond acceptors (Lipinski definition) is 4. The molecule has 0 saturated heterocycles. The minimum atomic E-state index is 0.0401. The monoisotopic (exact) mass is 293 g/mol. The molecule has 0 saturated carbocycles. The van der Waals surface area contributed by atoms with E-state index in [1.54, 1.807) is 6.07 Å². The summed E-state index contributed by atoms with van der Waals surface area (Å²) >= 11 is 6.07. The molecule has 20 heavy (non-hydrogen) atoms. The van der Waals surface area contributed by atoms with Gasteiger partial charge in [-0.2, -0.15) is 4.98 Å². The summed E-state index contributed by atoms with van der Waals surface area (Å²) in [6.07, 6.45) is 1.71. The van der Waals surface area contributed by atoms with Crippen LogP contribution in [0.4, 0.5) is 0 Å². The van der Waals surface area contributed by atoms with E-state index in [-0.39, 0.29) is 5.91 Å². The van der Waals surface area contributed by atoms with E-state index in [2.05, 4.69) is 15.5 Å². The Morgan fingerprint density at radius 3 is 2.95 bits per heavy atom. The molecule has 0 radical (unpaired) electrons. The summed E-state index contributed by atoms with van der Waals surface area (Å²) in [6, 6.07) is 7.33. The average molecular weight is 294 g/mol. The number of aryl methyl sites for hydroxylation is 1.